The maximum Gasteiger partial charge on any atom is 0.226 e. The Bertz CT molecular complexity index is 1510. The second-order valence-corrected chi connectivity index (χ2v) is 39.0. The Labute approximate surface area is 557 Å². The summed E-state index contributed by atoms with van der Waals surface area (Å²) in [5, 5.41) is 0. The van der Waals surface area contributed by atoms with E-state index < -0.39 is 86.3 Å². The molecule has 0 aliphatic carbocycles. The quantitative estimate of drug-likeness (QED) is 0.107. The van der Waals surface area contributed by atoms with Crippen LogP contribution in [-0.2, 0) is 0 Å². The summed E-state index contributed by atoms with van der Waals surface area (Å²) in [6, 6.07) is 0. The van der Waals surface area contributed by atoms with Crippen LogP contribution in [0.3, 0.4) is 0 Å². The lowest BCUT2D eigenvalue weighted by Crippen LogP contribution is -2.76. The molecule has 374 valence electrons. The van der Waals surface area contributed by atoms with Crippen molar-refractivity contribution in [2.75, 3.05) is 0 Å². The molecule has 0 heterocycles. The first-order valence-electron chi connectivity index (χ1n) is 12.8. The van der Waals surface area contributed by atoms with Gasteiger partial charge in [-0.3, -0.25) is 5.73 Å². The topological polar surface area (TPSA) is 26.0 Å². The Balaban J connectivity index is 7.98. The highest BCUT2D eigenvalue weighted by atomic mass is 35.6. The summed E-state index contributed by atoms with van der Waals surface area (Å²) in [6.45, 7) is 0. The largest absolute Gasteiger partial charge is 0.298 e. The zero-order chi connectivity index (χ0) is 52.0. The molecule has 0 fully saturated rings. The molecular weight excluding hydrogens is 1710 g/mol. The van der Waals surface area contributed by atoms with Crippen LogP contribution in [-0.4, -0.2) is 86.3 Å². The van der Waals surface area contributed by atoms with Crippen LogP contribution in [0.1, 0.15) is 0 Å². The van der Waals surface area contributed by atoms with E-state index >= 15 is 0 Å². The number of hydrogen-bond acceptors (Lipinski definition) is 1. The molecule has 0 amide bonds. The smallest absolute Gasteiger partial charge is 0.226 e. The van der Waals surface area contributed by atoms with Gasteiger partial charge in [0.2, 0.25) is 12.6 Å². The van der Waals surface area contributed by atoms with Gasteiger partial charge in [0.1, 0.15) is 0 Å². The molecule has 0 saturated heterocycles. The molecule has 0 spiro atoms. The predicted molar refractivity (Wildman–Crippen MR) is 299 cm³/mol. The van der Waals surface area contributed by atoms with E-state index in [0.29, 0.717) is 0 Å². The molecule has 0 atom stereocenters. The summed E-state index contributed by atoms with van der Waals surface area (Å²) in [5.74, 6) is 0. The van der Waals surface area contributed by atoms with Gasteiger partial charge in [-0.15, -0.1) is 0 Å². The second kappa shape index (κ2) is 21.6. The highest BCUT2D eigenvalue weighted by Crippen LogP contribution is 2.79. The van der Waals surface area contributed by atoms with Crippen LogP contribution in [0.25, 0.3) is 0 Å². The fraction of sp³-hybridized carbons (Fsp3) is 1.00. The van der Waals surface area contributed by atoms with Crippen molar-refractivity contribution in [1.82, 2.24) is 0 Å². The average Bonchev–Trinajstić information content (AvgIpc) is 3.01. The van der Waals surface area contributed by atoms with Crippen LogP contribution in [0, 0.1) is 0 Å². The van der Waals surface area contributed by atoms with Gasteiger partial charge in [-0.2, -0.15) is 0 Å². The molecule has 0 bridgehead atoms. The second-order valence-electron chi connectivity index (χ2n) is 11.5. The molecule has 2 N–H and O–H groups in total. The van der Waals surface area contributed by atoms with Gasteiger partial charge in [-0.1, -0.05) is 476 Å². The van der Waals surface area contributed by atoms with Crippen LogP contribution in [0.15, 0.2) is 0 Å². The lowest BCUT2D eigenvalue weighted by molar-refractivity contribution is 0.387. The molecule has 0 radical (unpaired) electrons. The maximum atomic E-state index is 6.61. The first-order chi connectivity index (χ1) is 25.8. The lowest BCUT2D eigenvalue weighted by Gasteiger charge is -2.59. The minimum atomic E-state index is -3.79. The molecule has 0 aromatic heterocycles. The van der Waals surface area contributed by atoms with Gasteiger partial charge < -0.3 is 0 Å². The molecule has 62 heavy (non-hydrogen) atoms. The van der Waals surface area contributed by atoms with Crippen LogP contribution in [0.5, 0.6) is 0 Å². The molecule has 0 rings (SSSR count). The number of hydrogen-bond donors (Lipinski definition) is 1. The van der Waals surface area contributed by atoms with E-state index in [9.17, 15) is 0 Å². The molecule has 0 aromatic carbocycles. The minimum absolute atomic E-state index is 2.87. The molecule has 0 aliphatic rings. The third-order valence-corrected chi connectivity index (χ3v) is 36.9. The normalized spacial score (nSPS) is 17.5. The van der Waals surface area contributed by atoms with Gasteiger partial charge in [-0.25, -0.2) is 0 Å². The van der Waals surface area contributed by atoms with Gasteiger partial charge >= 0.3 is 0 Å². The van der Waals surface area contributed by atoms with E-state index in [1.807, 2.05) is 0 Å². The molecule has 0 saturated carbocycles. The zero-order valence-electron chi connectivity index (χ0n) is 26.1. The molecule has 0 aromatic rings. The Morgan fingerprint density at radius 3 is 0.290 bits per heavy atom. The Morgan fingerprint density at radius 1 is 0.129 bits per heavy atom. The molecule has 0 aliphatic heterocycles. The Morgan fingerprint density at radius 2 is 0.210 bits per heavy atom. The summed E-state index contributed by atoms with van der Waals surface area (Å²) < 4.78 is -70.1. The Hall–Kier alpha value is 11.8. The number of rotatable bonds is 18. The summed E-state index contributed by atoms with van der Waals surface area (Å²) in [4.78, 5) is 0. The predicted octanol–water partition coefficient (Wildman–Crippen LogP) is 23.6. The van der Waals surface area contributed by atoms with E-state index in [2.05, 4.69) is 0 Å². The highest BCUT2D eigenvalue weighted by Gasteiger charge is 2.89. The maximum absolute atomic E-state index is 6.61. The van der Waals surface area contributed by atoms with Gasteiger partial charge in [0.25, 0.3) is 0 Å². The first kappa shape index (κ1) is 73.8. The third-order valence-electron chi connectivity index (χ3n) is 7.48. The van der Waals surface area contributed by atoms with Crippen molar-refractivity contribution in [3.63, 3.8) is 0 Å². The van der Waals surface area contributed by atoms with Gasteiger partial charge in [-0.05, 0) is 0 Å². The van der Waals surface area contributed by atoms with E-state index in [1.165, 1.54) is 0 Å². The monoisotopic (exact) mass is 1690 g/mol. The summed E-state index contributed by atoms with van der Waals surface area (Å²) >= 11 is 262. The molecule has 0 unspecified atom stereocenters. The molecule has 42 heteroatoms. The van der Waals surface area contributed by atoms with E-state index in [1.54, 1.807) is 0 Å². The third kappa shape index (κ3) is 10.8. The highest BCUT2D eigenvalue weighted by molar-refractivity contribution is 6.87. The van der Waals surface area contributed by atoms with Crippen molar-refractivity contribution in [2.45, 2.75) is 86.3 Å². The average molecular weight is 1710 g/mol. The van der Waals surface area contributed by atoms with Gasteiger partial charge in [0, 0.05) is 0 Å². The van der Waals surface area contributed by atoms with Gasteiger partial charge in [0.05, 0.1) is 0 Å². The first-order valence-corrected chi connectivity index (χ1v) is 28.3. The summed E-state index contributed by atoms with van der Waals surface area (Å²) in [5.41, 5.74) is 5.57. The minimum Gasteiger partial charge on any atom is -0.298 e. The van der Waals surface area contributed by atoms with Crippen LogP contribution < -0.4 is 5.73 Å². The van der Waals surface area contributed by atoms with Crippen molar-refractivity contribution in [3.8, 4) is 0 Å². The van der Waals surface area contributed by atoms with Crippen LogP contribution >= 0.6 is 476 Å². The molecular formula is C20H2Cl41N. The SMILES string of the molecule is NC(Cl)(Cl)C(Cl)(Cl)C(Cl)(Cl)C(Cl)(Cl)C(Cl)(Cl)C(Cl)(Cl)C(Cl)(Cl)C(Cl)(Cl)C(Cl)(Cl)C(Cl)(Cl)C(Cl)(Cl)C(Cl)(Cl)C(Cl)(Cl)C(Cl)(Cl)C(Cl)(Cl)C(Cl)(Cl)C(Cl)(Cl)C(Cl)(Cl)C(Cl)(Cl)C(Cl)(Cl)Cl. The van der Waals surface area contributed by atoms with Crippen molar-refractivity contribution in [2.24, 2.45) is 5.73 Å². The van der Waals surface area contributed by atoms with Crippen LogP contribution in [0.2, 0.25) is 0 Å². The standard InChI is InChI=1S/C20H2Cl41N/c21-1(22,3(25,26)5(29,30)7(33,34)9(37,38)11(41,42)13(45,46)15(49,50)17(53,54)19(57,58)59)2(23,24)4(27,28)6(31,32)8(35,36)10(39,40)12(43,44)14(47,48)16(51,52)18(55,56)20(60,61)62/h62H2. The van der Waals surface area contributed by atoms with E-state index in [-0.39, 0.29) is 0 Å². The van der Waals surface area contributed by atoms with Crippen molar-refractivity contribution >= 4 is 476 Å². The van der Waals surface area contributed by atoms with E-state index in [0.717, 1.165) is 0 Å². The number of alkyl halides is 41. The summed E-state index contributed by atoms with van der Waals surface area (Å²) in [6.07, 6.45) is 0. The Kier molecular flexibility index (Phi) is 25.8. The number of halogens is 41. The lowest BCUT2D eigenvalue weighted by atomic mass is 9.96. The zero-order valence-corrected chi connectivity index (χ0v) is 57.1. The fourth-order valence-corrected chi connectivity index (χ4v) is 17.5. The number of nitrogens with two attached hydrogens (primary N) is 1. The van der Waals surface area contributed by atoms with E-state index in [4.69, 9.17) is 481 Å². The van der Waals surface area contributed by atoms with Crippen molar-refractivity contribution in [1.29, 1.82) is 0 Å². The molecule has 1 nitrogen and oxygen atoms in total. The fourth-order valence-electron chi connectivity index (χ4n) is 3.54. The summed E-state index contributed by atoms with van der Waals surface area (Å²) in [7, 11) is 0. The van der Waals surface area contributed by atoms with Gasteiger partial charge in [0.15, 0.2) is 73.7 Å². The van der Waals surface area contributed by atoms with Crippen molar-refractivity contribution in [3.05, 3.63) is 0 Å². The van der Waals surface area contributed by atoms with Crippen LogP contribution in [0.4, 0.5) is 0 Å². The van der Waals surface area contributed by atoms with Crippen molar-refractivity contribution < 1.29 is 0 Å².